The number of unbranched alkanes of at least 4 members (excludes halogenated alkanes) is 7. The van der Waals surface area contributed by atoms with Crippen LogP contribution in [0.4, 0.5) is 0 Å². The van der Waals surface area contributed by atoms with Crippen LogP contribution in [0, 0.1) is 0 Å². The predicted molar refractivity (Wildman–Crippen MR) is 94.9 cm³/mol. The summed E-state index contributed by atoms with van der Waals surface area (Å²) in [6.45, 7) is 2.53. The molecule has 1 aliphatic heterocycles. The van der Waals surface area contributed by atoms with Crippen molar-refractivity contribution in [2.24, 2.45) is 0 Å². The van der Waals surface area contributed by atoms with Crippen LogP contribution >= 0.6 is 0 Å². The summed E-state index contributed by atoms with van der Waals surface area (Å²) in [7, 11) is 0. The Morgan fingerprint density at radius 2 is 1.75 bits per heavy atom. The van der Waals surface area contributed by atoms with Crippen LogP contribution in [0.3, 0.4) is 0 Å². The summed E-state index contributed by atoms with van der Waals surface area (Å²) in [6, 6.07) is 0. The van der Waals surface area contributed by atoms with E-state index in [9.17, 15) is 10.2 Å². The molecule has 0 aromatic carbocycles. The van der Waals surface area contributed by atoms with Crippen LogP contribution in [-0.4, -0.2) is 59.6 Å². The van der Waals surface area contributed by atoms with Gasteiger partial charge in [0.25, 0.3) is 0 Å². The number of ether oxygens (including phenoxy) is 2. The van der Waals surface area contributed by atoms with Crippen molar-refractivity contribution in [1.82, 2.24) is 0 Å². The van der Waals surface area contributed by atoms with Gasteiger partial charge in [-0.3, -0.25) is 0 Å². The lowest BCUT2D eigenvalue weighted by molar-refractivity contribution is -0.0938. The molecule has 0 saturated carbocycles. The smallest absolute Gasteiger partial charge is 0.114 e. The highest BCUT2D eigenvalue weighted by Crippen LogP contribution is 2.21. The summed E-state index contributed by atoms with van der Waals surface area (Å²) in [5.41, 5.74) is 0. The second-order valence-electron chi connectivity index (χ2n) is 6.62. The molecule has 142 valence electrons. The Kier molecular flexibility index (Phi) is 12.4. The molecule has 0 aromatic heterocycles. The number of allylic oxidation sites excluding steroid dienone is 2. The van der Waals surface area contributed by atoms with E-state index in [0.717, 1.165) is 12.8 Å². The van der Waals surface area contributed by atoms with Crippen LogP contribution in [-0.2, 0) is 9.47 Å². The van der Waals surface area contributed by atoms with E-state index in [2.05, 4.69) is 19.1 Å². The van der Waals surface area contributed by atoms with E-state index in [1.807, 2.05) is 0 Å². The van der Waals surface area contributed by atoms with Crippen molar-refractivity contribution in [2.45, 2.75) is 89.1 Å². The molecule has 1 heterocycles. The van der Waals surface area contributed by atoms with E-state index in [-0.39, 0.29) is 13.2 Å². The summed E-state index contributed by atoms with van der Waals surface area (Å²) >= 11 is 0. The molecule has 1 saturated heterocycles. The molecule has 5 nitrogen and oxygen atoms in total. The third-order valence-electron chi connectivity index (χ3n) is 4.45. The molecular weight excluding hydrogens is 308 g/mol. The van der Waals surface area contributed by atoms with Gasteiger partial charge in [0.05, 0.1) is 13.2 Å². The highest BCUT2D eigenvalue weighted by atomic mass is 16.6. The van der Waals surface area contributed by atoms with Gasteiger partial charge in [0.2, 0.25) is 0 Å². The van der Waals surface area contributed by atoms with Gasteiger partial charge in [-0.2, -0.15) is 0 Å². The number of aliphatic hydroxyl groups is 3. The van der Waals surface area contributed by atoms with E-state index in [1.165, 1.54) is 44.9 Å². The number of hydrogen-bond donors (Lipinski definition) is 3. The van der Waals surface area contributed by atoms with Gasteiger partial charge in [-0.05, 0) is 25.7 Å². The number of hydrogen-bond acceptors (Lipinski definition) is 5. The van der Waals surface area contributed by atoms with E-state index >= 15 is 0 Å². The SMILES string of the molecule is CCCC/C=C/CCCCCCCO[C@@H]1[C@H]([C@H](O)CO)OC[C@@H]1O. The summed E-state index contributed by atoms with van der Waals surface area (Å²) in [5, 5.41) is 28.5. The Hall–Kier alpha value is -0.460. The third-order valence-corrected chi connectivity index (χ3v) is 4.45. The lowest BCUT2D eigenvalue weighted by Crippen LogP contribution is -2.42. The van der Waals surface area contributed by atoms with Crippen LogP contribution < -0.4 is 0 Å². The van der Waals surface area contributed by atoms with Gasteiger partial charge in [0.1, 0.15) is 24.4 Å². The highest BCUT2D eigenvalue weighted by Gasteiger charge is 2.40. The Morgan fingerprint density at radius 3 is 2.46 bits per heavy atom. The van der Waals surface area contributed by atoms with Crippen molar-refractivity contribution < 1.29 is 24.8 Å². The predicted octanol–water partition coefficient (Wildman–Crippen LogP) is 2.57. The molecule has 0 bridgehead atoms. The maximum Gasteiger partial charge on any atom is 0.114 e. The molecule has 4 atom stereocenters. The maximum absolute atomic E-state index is 9.83. The molecule has 5 heteroatoms. The molecular formula is C19H36O5. The first-order chi connectivity index (χ1) is 11.7. The molecule has 0 aliphatic carbocycles. The van der Waals surface area contributed by atoms with Gasteiger partial charge in [0.15, 0.2) is 0 Å². The summed E-state index contributed by atoms with van der Waals surface area (Å²) < 4.78 is 11.0. The van der Waals surface area contributed by atoms with Crippen molar-refractivity contribution in [3.05, 3.63) is 12.2 Å². The average Bonchev–Trinajstić information content (AvgIpc) is 2.96. The minimum absolute atomic E-state index is 0.151. The van der Waals surface area contributed by atoms with Crippen LogP contribution in [0.15, 0.2) is 12.2 Å². The molecule has 1 fully saturated rings. The second kappa shape index (κ2) is 13.8. The molecule has 24 heavy (non-hydrogen) atoms. The Morgan fingerprint density at radius 1 is 1.08 bits per heavy atom. The fraction of sp³-hybridized carbons (Fsp3) is 0.895. The molecule has 0 radical (unpaired) electrons. The third kappa shape index (κ3) is 8.58. The largest absolute Gasteiger partial charge is 0.394 e. The van der Waals surface area contributed by atoms with Gasteiger partial charge in [-0.25, -0.2) is 0 Å². The fourth-order valence-corrected chi connectivity index (χ4v) is 2.93. The molecule has 1 rings (SSSR count). The Balaban J connectivity index is 1.98. The maximum atomic E-state index is 9.83. The van der Waals surface area contributed by atoms with Crippen molar-refractivity contribution in [2.75, 3.05) is 19.8 Å². The number of rotatable bonds is 14. The monoisotopic (exact) mass is 344 g/mol. The van der Waals surface area contributed by atoms with Crippen molar-refractivity contribution in [1.29, 1.82) is 0 Å². The fourth-order valence-electron chi connectivity index (χ4n) is 2.93. The quantitative estimate of drug-likeness (QED) is 0.333. The standard InChI is InChI=1S/C19H36O5/c1-2-3-4-5-6-7-8-9-10-11-12-13-23-19-17(22)15-24-18(19)16(21)14-20/h5-6,16-22H,2-4,7-15H2,1H3/b6-5+/t16-,17+,18+,19+/m1/s1. The van der Waals surface area contributed by atoms with Crippen LogP contribution in [0.5, 0.6) is 0 Å². The van der Waals surface area contributed by atoms with E-state index in [1.54, 1.807) is 0 Å². The minimum atomic E-state index is -1.00. The summed E-state index contributed by atoms with van der Waals surface area (Å²) in [6.07, 6.45) is 12.3. The van der Waals surface area contributed by atoms with Gasteiger partial charge >= 0.3 is 0 Å². The van der Waals surface area contributed by atoms with Gasteiger partial charge in [-0.15, -0.1) is 0 Å². The lowest BCUT2D eigenvalue weighted by Gasteiger charge is -2.23. The first-order valence-electron chi connectivity index (χ1n) is 9.55. The van der Waals surface area contributed by atoms with Crippen LogP contribution in [0.2, 0.25) is 0 Å². The molecule has 0 aromatic rings. The first-order valence-corrected chi connectivity index (χ1v) is 9.55. The highest BCUT2D eigenvalue weighted by molar-refractivity contribution is 4.89. The van der Waals surface area contributed by atoms with Gasteiger partial charge in [-0.1, -0.05) is 51.2 Å². The van der Waals surface area contributed by atoms with Crippen LogP contribution in [0.25, 0.3) is 0 Å². The van der Waals surface area contributed by atoms with Gasteiger partial charge in [0, 0.05) is 6.61 Å². The second-order valence-corrected chi connectivity index (χ2v) is 6.62. The Bertz CT molecular complexity index is 321. The van der Waals surface area contributed by atoms with E-state index in [0.29, 0.717) is 6.61 Å². The molecule has 0 amide bonds. The lowest BCUT2D eigenvalue weighted by atomic mass is 10.1. The van der Waals surface area contributed by atoms with E-state index < -0.39 is 24.4 Å². The zero-order valence-corrected chi connectivity index (χ0v) is 15.1. The van der Waals surface area contributed by atoms with Crippen molar-refractivity contribution >= 4 is 0 Å². The zero-order valence-electron chi connectivity index (χ0n) is 15.1. The minimum Gasteiger partial charge on any atom is -0.394 e. The molecule has 3 N–H and O–H groups in total. The summed E-state index contributed by atoms with van der Waals surface area (Å²) in [4.78, 5) is 0. The summed E-state index contributed by atoms with van der Waals surface area (Å²) in [5.74, 6) is 0. The van der Waals surface area contributed by atoms with Crippen molar-refractivity contribution in [3.63, 3.8) is 0 Å². The van der Waals surface area contributed by atoms with Crippen LogP contribution in [0.1, 0.15) is 64.7 Å². The molecule has 1 aliphatic rings. The van der Waals surface area contributed by atoms with E-state index in [4.69, 9.17) is 14.6 Å². The topological polar surface area (TPSA) is 79.2 Å². The Labute approximate surface area is 146 Å². The first kappa shape index (κ1) is 21.6. The normalized spacial score (nSPS) is 25.6. The van der Waals surface area contributed by atoms with Gasteiger partial charge < -0.3 is 24.8 Å². The average molecular weight is 344 g/mol. The molecule has 0 unspecified atom stereocenters. The van der Waals surface area contributed by atoms with Crippen molar-refractivity contribution in [3.8, 4) is 0 Å². The zero-order chi connectivity index (χ0) is 17.6. The number of aliphatic hydroxyl groups excluding tert-OH is 3. The molecule has 0 spiro atoms.